The van der Waals surface area contributed by atoms with Gasteiger partial charge in [0, 0.05) is 38.3 Å². The van der Waals surface area contributed by atoms with E-state index >= 15 is 0 Å². The van der Waals surface area contributed by atoms with E-state index in [1.807, 2.05) is 4.90 Å². The molecule has 3 rings (SSSR count). The molecular weight excluding hydrogens is 290 g/mol. The lowest BCUT2D eigenvalue weighted by atomic mass is 9.93. The van der Waals surface area contributed by atoms with Crippen LogP contribution >= 0.6 is 0 Å². The number of likely N-dealkylation sites (tertiary alicyclic amines) is 2. The summed E-state index contributed by atoms with van der Waals surface area (Å²) >= 11 is 0. The maximum atomic E-state index is 12.5. The monoisotopic (exact) mass is 322 g/mol. The smallest absolute Gasteiger partial charge is 0.242 e. The number of carbonyl (C=O) groups excluding carboxylic acids is 2. The minimum absolute atomic E-state index is 0.0813. The Kier molecular flexibility index (Phi) is 5.92. The number of quaternary nitrogens is 1. The fraction of sp³-hybridized carbons (Fsp3) is 0.889. The molecule has 2 amide bonds. The minimum Gasteiger partial charge on any atom is -0.354 e. The molecule has 1 aliphatic carbocycles. The van der Waals surface area contributed by atoms with Gasteiger partial charge in [-0.25, -0.2) is 0 Å². The van der Waals surface area contributed by atoms with Gasteiger partial charge in [-0.1, -0.05) is 19.3 Å². The fourth-order valence-corrected chi connectivity index (χ4v) is 4.57. The van der Waals surface area contributed by atoms with Crippen LogP contribution in [0.25, 0.3) is 0 Å². The first-order valence-corrected chi connectivity index (χ1v) is 9.68. The number of nitrogens with one attached hydrogen (secondary N) is 2. The van der Waals surface area contributed by atoms with Crippen LogP contribution in [0, 0.1) is 0 Å². The highest BCUT2D eigenvalue weighted by Gasteiger charge is 2.40. The quantitative estimate of drug-likeness (QED) is 0.700. The second kappa shape index (κ2) is 8.13. The third-order valence-electron chi connectivity index (χ3n) is 5.84. The molecule has 2 saturated heterocycles. The molecule has 0 aromatic heterocycles. The Morgan fingerprint density at radius 3 is 2.57 bits per heavy atom. The SMILES string of the molecule is O=C(NCCC[NH+]1CCCC1)C1CCC(=O)N1C1CCCCC1. The topological polar surface area (TPSA) is 53.9 Å². The molecule has 130 valence electrons. The van der Waals surface area contributed by atoms with Gasteiger partial charge < -0.3 is 15.1 Å². The van der Waals surface area contributed by atoms with Crippen molar-refractivity contribution in [2.45, 2.75) is 76.3 Å². The number of carbonyl (C=O) groups is 2. The molecule has 3 fully saturated rings. The van der Waals surface area contributed by atoms with Crippen molar-refractivity contribution in [2.75, 3.05) is 26.2 Å². The second-order valence-corrected chi connectivity index (χ2v) is 7.50. The number of hydrogen-bond donors (Lipinski definition) is 2. The number of hydrogen-bond acceptors (Lipinski definition) is 2. The molecule has 0 radical (unpaired) electrons. The zero-order valence-electron chi connectivity index (χ0n) is 14.3. The summed E-state index contributed by atoms with van der Waals surface area (Å²) in [5, 5.41) is 3.09. The molecule has 0 spiro atoms. The molecule has 1 unspecified atom stereocenters. The van der Waals surface area contributed by atoms with Crippen molar-refractivity contribution in [1.82, 2.24) is 10.2 Å². The van der Waals surface area contributed by atoms with E-state index in [1.54, 1.807) is 4.90 Å². The first-order chi connectivity index (χ1) is 11.3. The molecule has 0 aromatic carbocycles. The van der Waals surface area contributed by atoms with Crippen molar-refractivity contribution in [3.63, 3.8) is 0 Å². The molecule has 5 nitrogen and oxygen atoms in total. The Hall–Kier alpha value is -1.10. The molecule has 1 atom stereocenters. The Bertz CT molecular complexity index is 414. The minimum atomic E-state index is -0.204. The standard InChI is InChI=1S/C18H31N3O2/c22-17-10-9-16(21(17)15-7-2-1-3-8-15)18(23)19-11-6-14-20-12-4-5-13-20/h15-16H,1-14H2,(H,19,23)/p+1. The van der Waals surface area contributed by atoms with E-state index < -0.39 is 0 Å². The van der Waals surface area contributed by atoms with Crippen LogP contribution in [-0.2, 0) is 9.59 Å². The van der Waals surface area contributed by atoms with E-state index in [1.165, 1.54) is 45.2 Å². The third kappa shape index (κ3) is 4.25. The van der Waals surface area contributed by atoms with Gasteiger partial charge in [-0.05, 0) is 19.3 Å². The van der Waals surface area contributed by atoms with E-state index in [9.17, 15) is 9.59 Å². The summed E-state index contributed by atoms with van der Waals surface area (Å²) in [7, 11) is 0. The Morgan fingerprint density at radius 1 is 1.09 bits per heavy atom. The first kappa shape index (κ1) is 16.7. The predicted octanol–water partition coefficient (Wildman–Crippen LogP) is 0.495. The van der Waals surface area contributed by atoms with Crippen LogP contribution in [0.1, 0.15) is 64.2 Å². The molecular formula is C18H32N3O2+. The second-order valence-electron chi connectivity index (χ2n) is 7.50. The maximum Gasteiger partial charge on any atom is 0.242 e. The van der Waals surface area contributed by atoms with Gasteiger partial charge in [0.25, 0.3) is 0 Å². The highest BCUT2D eigenvalue weighted by Crippen LogP contribution is 2.30. The van der Waals surface area contributed by atoms with Crippen molar-refractivity contribution in [3.05, 3.63) is 0 Å². The Balaban J connectivity index is 1.44. The molecule has 1 saturated carbocycles. The van der Waals surface area contributed by atoms with Crippen LogP contribution in [0.2, 0.25) is 0 Å². The van der Waals surface area contributed by atoms with Gasteiger partial charge in [0.15, 0.2) is 0 Å². The molecule has 0 bridgehead atoms. The molecule has 0 aromatic rings. The fourth-order valence-electron chi connectivity index (χ4n) is 4.57. The van der Waals surface area contributed by atoms with Crippen LogP contribution in [0.5, 0.6) is 0 Å². The zero-order chi connectivity index (χ0) is 16.1. The van der Waals surface area contributed by atoms with Gasteiger partial charge in [0.2, 0.25) is 11.8 Å². The highest BCUT2D eigenvalue weighted by molar-refractivity contribution is 5.91. The third-order valence-corrected chi connectivity index (χ3v) is 5.84. The number of rotatable bonds is 6. The van der Waals surface area contributed by atoms with Gasteiger partial charge in [0.1, 0.15) is 6.04 Å². The largest absolute Gasteiger partial charge is 0.354 e. The van der Waals surface area contributed by atoms with E-state index in [0.717, 1.165) is 32.4 Å². The molecule has 2 heterocycles. The Labute approximate surface area is 139 Å². The average Bonchev–Trinajstić information content (AvgIpc) is 3.21. The predicted molar refractivity (Wildman–Crippen MR) is 89.2 cm³/mol. The van der Waals surface area contributed by atoms with Crippen molar-refractivity contribution < 1.29 is 14.5 Å². The lowest BCUT2D eigenvalue weighted by Gasteiger charge is -2.35. The first-order valence-electron chi connectivity index (χ1n) is 9.68. The van der Waals surface area contributed by atoms with Gasteiger partial charge in [-0.15, -0.1) is 0 Å². The van der Waals surface area contributed by atoms with Gasteiger partial charge in [-0.3, -0.25) is 9.59 Å². The van der Waals surface area contributed by atoms with E-state index in [-0.39, 0.29) is 17.9 Å². The van der Waals surface area contributed by atoms with Crippen molar-refractivity contribution in [2.24, 2.45) is 0 Å². The van der Waals surface area contributed by atoms with Crippen molar-refractivity contribution in [1.29, 1.82) is 0 Å². The van der Waals surface area contributed by atoms with Crippen LogP contribution in [0.15, 0.2) is 0 Å². The van der Waals surface area contributed by atoms with Crippen LogP contribution < -0.4 is 10.2 Å². The van der Waals surface area contributed by atoms with Gasteiger partial charge >= 0.3 is 0 Å². The molecule has 2 aliphatic heterocycles. The summed E-state index contributed by atoms with van der Waals surface area (Å²) in [6.45, 7) is 4.50. The highest BCUT2D eigenvalue weighted by atomic mass is 16.2. The lowest BCUT2D eigenvalue weighted by Crippen LogP contribution is -3.10. The Morgan fingerprint density at radius 2 is 1.83 bits per heavy atom. The number of nitrogens with zero attached hydrogens (tertiary/aromatic N) is 1. The van der Waals surface area contributed by atoms with E-state index in [2.05, 4.69) is 5.32 Å². The van der Waals surface area contributed by atoms with Crippen molar-refractivity contribution >= 4 is 11.8 Å². The van der Waals surface area contributed by atoms with E-state index in [0.29, 0.717) is 18.9 Å². The summed E-state index contributed by atoms with van der Waals surface area (Å²) < 4.78 is 0. The van der Waals surface area contributed by atoms with Gasteiger partial charge in [0.05, 0.1) is 19.6 Å². The zero-order valence-corrected chi connectivity index (χ0v) is 14.3. The lowest BCUT2D eigenvalue weighted by molar-refractivity contribution is -0.887. The molecule has 2 N–H and O–H groups in total. The molecule has 3 aliphatic rings. The van der Waals surface area contributed by atoms with Crippen molar-refractivity contribution in [3.8, 4) is 0 Å². The van der Waals surface area contributed by atoms with E-state index in [4.69, 9.17) is 0 Å². The average molecular weight is 322 g/mol. The summed E-state index contributed by atoms with van der Waals surface area (Å²) in [5.74, 6) is 0.274. The number of amides is 2. The van der Waals surface area contributed by atoms with Gasteiger partial charge in [-0.2, -0.15) is 0 Å². The molecule has 5 heteroatoms. The normalized spacial score (nSPS) is 26.9. The summed E-state index contributed by atoms with van der Waals surface area (Å²) in [4.78, 5) is 28.4. The molecule has 23 heavy (non-hydrogen) atoms. The maximum absolute atomic E-state index is 12.5. The van der Waals surface area contributed by atoms with Crippen LogP contribution in [0.3, 0.4) is 0 Å². The summed E-state index contributed by atoms with van der Waals surface area (Å²) in [6.07, 6.45) is 10.8. The summed E-state index contributed by atoms with van der Waals surface area (Å²) in [5.41, 5.74) is 0. The summed E-state index contributed by atoms with van der Waals surface area (Å²) in [6, 6.07) is 0.105. The van der Waals surface area contributed by atoms with Crippen LogP contribution in [-0.4, -0.2) is 55.0 Å². The van der Waals surface area contributed by atoms with Crippen LogP contribution in [0.4, 0.5) is 0 Å².